The molecule has 6 nitrogen and oxygen atoms in total. The van der Waals surface area contributed by atoms with Crippen molar-refractivity contribution in [2.45, 2.75) is 12.1 Å². The van der Waals surface area contributed by atoms with Gasteiger partial charge in [-0.15, -0.1) is 0 Å². The first kappa shape index (κ1) is 10.6. The van der Waals surface area contributed by atoms with Gasteiger partial charge in [0, 0.05) is 0 Å². The van der Waals surface area contributed by atoms with E-state index >= 15 is 0 Å². The van der Waals surface area contributed by atoms with E-state index in [4.69, 9.17) is 21.0 Å². The molecule has 6 heteroatoms. The Hall–Kier alpha value is -1.92. The highest BCUT2D eigenvalue weighted by atomic mass is 16.4. The maximum Gasteiger partial charge on any atom is 0.322 e. The van der Waals surface area contributed by atoms with E-state index in [1.807, 2.05) is 0 Å². The van der Waals surface area contributed by atoms with Crippen LogP contribution in [0.5, 0.6) is 0 Å². The zero-order valence-corrected chi connectivity index (χ0v) is 8.33. The predicted octanol–water partition coefficient (Wildman–Crippen LogP) is 0.240. The molecule has 0 radical (unpaired) electrons. The number of nitrogens with zero attached hydrogens (tertiary/aromatic N) is 1. The number of rotatable bonds is 3. The highest BCUT2D eigenvalue weighted by Crippen LogP contribution is 2.19. The molecule has 2 aromatic rings. The summed E-state index contributed by atoms with van der Waals surface area (Å²) in [6.45, 7) is 0. The van der Waals surface area contributed by atoms with Gasteiger partial charge in [-0.1, -0.05) is 6.07 Å². The van der Waals surface area contributed by atoms with Gasteiger partial charge < -0.3 is 21.0 Å². The van der Waals surface area contributed by atoms with Crippen LogP contribution in [0.15, 0.2) is 29.0 Å². The van der Waals surface area contributed by atoms with Crippen LogP contribution in [0.4, 0.5) is 0 Å². The maximum absolute atomic E-state index is 10.7. The molecule has 0 amide bonds. The Kier molecular flexibility index (Phi) is 2.59. The minimum Gasteiger partial charge on any atom is -0.480 e. The van der Waals surface area contributed by atoms with Gasteiger partial charge in [-0.25, -0.2) is 4.98 Å². The Morgan fingerprint density at radius 1 is 1.44 bits per heavy atom. The lowest BCUT2D eigenvalue weighted by Gasteiger charge is -2.15. The molecular weight excluding hydrogens is 210 g/mol. The molecule has 1 aromatic carbocycles. The summed E-state index contributed by atoms with van der Waals surface area (Å²) in [6.07, 6.45) is 1.32. The lowest BCUT2D eigenvalue weighted by molar-refractivity contribution is -0.139. The number of oxazole rings is 1. The van der Waals surface area contributed by atoms with Crippen molar-refractivity contribution in [2.75, 3.05) is 0 Å². The Morgan fingerprint density at radius 3 is 2.88 bits per heavy atom. The van der Waals surface area contributed by atoms with Crippen LogP contribution in [0, 0.1) is 0 Å². The molecule has 0 bridgehead atoms. The summed E-state index contributed by atoms with van der Waals surface area (Å²) in [5.74, 6) is -1.13. The molecule has 5 N–H and O–H groups in total. The van der Waals surface area contributed by atoms with Crippen LogP contribution in [0.1, 0.15) is 11.6 Å². The van der Waals surface area contributed by atoms with Crippen molar-refractivity contribution in [1.29, 1.82) is 0 Å². The Balaban J connectivity index is 2.35. The number of hydrogen-bond donors (Lipinski definition) is 3. The zero-order valence-electron chi connectivity index (χ0n) is 8.33. The number of nitrogens with two attached hydrogens (primary N) is 2. The zero-order chi connectivity index (χ0) is 11.7. The van der Waals surface area contributed by atoms with Gasteiger partial charge in [0.1, 0.15) is 11.6 Å². The lowest BCUT2D eigenvalue weighted by Crippen LogP contribution is -2.40. The summed E-state index contributed by atoms with van der Waals surface area (Å²) < 4.78 is 5.09. The van der Waals surface area contributed by atoms with Crippen molar-refractivity contribution in [3.8, 4) is 0 Å². The summed E-state index contributed by atoms with van der Waals surface area (Å²) >= 11 is 0. The monoisotopic (exact) mass is 221 g/mol. The van der Waals surface area contributed by atoms with Gasteiger partial charge in [-0.2, -0.15) is 0 Å². The van der Waals surface area contributed by atoms with Crippen molar-refractivity contribution in [2.24, 2.45) is 11.5 Å². The Morgan fingerprint density at radius 2 is 2.19 bits per heavy atom. The number of hydrogen-bond acceptors (Lipinski definition) is 5. The second-order valence-electron chi connectivity index (χ2n) is 3.47. The van der Waals surface area contributed by atoms with Crippen LogP contribution >= 0.6 is 0 Å². The van der Waals surface area contributed by atoms with Crippen LogP contribution in [0.2, 0.25) is 0 Å². The normalized spacial score (nSPS) is 14.9. The minimum absolute atomic E-state index is 0.561. The number of benzene rings is 1. The average Bonchev–Trinajstić information content (AvgIpc) is 2.73. The molecule has 0 saturated heterocycles. The summed E-state index contributed by atoms with van der Waals surface area (Å²) in [4.78, 5) is 14.6. The molecular formula is C10H11N3O3. The number of carboxylic acids is 1. The highest BCUT2D eigenvalue weighted by Gasteiger charge is 2.22. The maximum atomic E-state index is 10.7. The third-order valence-corrected chi connectivity index (χ3v) is 2.41. The minimum atomic E-state index is -1.14. The Bertz CT molecular complexity index is 523. The molecule has 84 valence electrons. The second kappa shape index (κ2) is 3.92. The molecule has 16 heavy (non-hydrogen) atoms. The summed E-state index contributed by atoms with van der Waals surface area (Å²) in [5, 5.41) is 8.75. The van der Waals surface area contributed by atoms with Crippen LogP contribution < -0.4 is 11.5 Å². The summed E-state index contributed by atoms with van der Waals surface area (Å²) in [7, 11) is 0. The number of aromatic nitrogens is 1. The van der Waals surface area contributed by atoms with E-state index in [2.05, 4.69) is 4.98 Å². The Labute approximate surface area is 90.9 Å². The molecule has 0 aliphatic rings. The molecule has 0 fully saturated rings. The quantitative estimate of drug-likeness (QED) is 0.683. The predicted molar refractivity (Wildman–Crippen MR) is 56.5 cm³/mol. The van der Waals surface area contributed by atoms with E-state index in [9.17, 15) is 4.79 Å². The fourth-order valence-electron chi connectivity index (χ4n) is 1.44. The first-order valence-electron chi connectivity index (χ1n) is 4.66. The van der Waals surface area contributed by atoms with Crippen molar-refractivity contribution in [3.05, 3.63) is 30.2 Å². The fourth-order valence-corrected chi connectivity index (χ4v) is 1.44. The molecule has 1 aromatic heterocycles. The van der Waals surface area contributed by atoms with Gasteiger partial charge in [0.2, 0.25) is 0 Å². The average molecular weight is 221 g/mol. The van der Waals surface area contributed by atoms with E-state index in [1.54, 1.807) is 18.2 Å². The topological polar surface area (TPSA) is 115 Å². The van der Waals surface area contributed by atoms with Gasteiger partial charge in [-0.05, 0) is 17.7 Å². The van der Waals surface area contributed by atoms with E-state index in [0.717, 1.165) is 0 Å². The molecule has 2 unspecified atom stereocenters. The van der Waals surface area contributed by atoms with Crippen molar-refractivity contribution in [1.82, 2.24) is 4.98 Å². The van der Waals surface area contributed by atoms with E-state index in [0.29, 0.717) is 16.7 Å². The van der Waals surface area contributed by atoms with Crippen LogP contribution in [0.25, 0.3) is 11.1 Å². The number of aliphatic carboxylic acids is 1. The van der Waals surface area contributed by atoms with Crippen molar-refractivity contribution in [3.63, 3.8) is 0 Å². The third-order valence-electron chi connectivity index (χ3n) is 2.41. The number of carbonyl (C=O) groups is 1. The highest BCUT2D eigenvalue weighted by molar-refractivity contribution is 5.76. The standard InChI is InChI=1S/C10H11N3O3/c11-8(9(12)10(14)15)5-1-2-6-7(3-5)16-4-13-6/h1-4,8-9H,11-12H2,(H,14,15). The van der Waals surface area contributed by atoms with Crippen molar-refractivity contribution >= 4 is 17.1 Å². The van der Waals surface area contributed by atoms with Crippen LogP contribution in [-0.2, 0) is 4.79 Å². The molecule has 0 spiro atoms. The van der Waals surface area contributed by atoms with Gasteiger partial charge in [-0.3, -0.25) is 4.79 Å². The lowest BCUT2D eigenvalue weighted by atomic mass is 10.0. The first-order valence-corrected chi connectivity index (χ1v) is 4.66. The summed E-state index contributed by atoms with van der Waals surface area (Å²) in [6, 6.07) is 3.14. The van der Waals surface area contributed by atoms with Gasteiger partial charge in [0.25, 0.3) is 0 Å². The van der Waals surface area contributed by atoms with Crippen LogP contribution in [0.3, 0.4) is 0 Å². The summed E-state index contributed by atoms with van der Waals surface area (Å²) in [5.41, 5.74) is 13.0. The first-order chi connectivity index (χ1) is 7.59. The second-order valence-corrected chi connectivity index (χ2v) is 3.47. The largest absolute Gasteiger partial charge is 0.480 e. The third kappa shape index (κ3) is 1.75. The molecule has 0 saturated carbocycles. The van der Waals surface area contributed by atoms with E-state index in [-0.39, 0.29) is 0 Å². The van der Waals surface area contributed by atoms with E-state index < -0.39 is 18.1 Å². The fraction of sp³-hybridized carbons (Fsp3) is 0.200. The molecule has 1 heterocycles. The van der Waals surface area contributed by atoms with Gasteiger partial charge in [0.05, 0.1) is 6.04 Å². The molecule has 2 rings (SSSR count). The SMILES string of the molecule is NC(C(=O)O)C(N)c1ccc2ncoc2c1. The molecule has 0 aliphatic carbocycles. The molecule has 2 atom stereocenters. The van der Waals surface area contributed by atoms with Crippen LogP contribution in [-0.4, -0.2) is 22.1 Å². The van der Waals surface area contributed by atoms with Gasteiger partial charge >= 0.3 is 5.97 Å². The smallest absolute Gasteiger partial charge is 0.322 e. The number of fused-ring (bicyclic) bond motifs is 1. The molecule has 0 aliphatic heterocycles. The van der Waals surface area contributed by atoms with Crippen molar-refractivity contribution < 1.29 is 14.3 Å². The number of carboxylic acid groups (broad SMARTS) is 1. The van der Waals surface area contributed by atoms with Gasteiger partial charge in [0.15, 0.2) is 12.0 Å². The van der Waals surface area contributed by atoms with E-state index in [1.165, 1.54) is 6.39 Å².